The van der Waals surface area contributed by atoms with Gasteiger partial charge in [0.1, 0.15) is 23.9 Å². The van der Waals surface area contributed by atoms with Crippen LogP contribution in [0.1, 0.15) is 17.9 Å². The van der Waals surface area contributed by atoms with Gasteiger partial charge in [-0.05, 0) is 36.2 Å². The molecule has 31 heavy (non-hydrogen) atoms. The van der Waals surface area contributed by atoms with Gasteiger partial charge in [0, 0.05) is 38.2 Å². The van der Waals surface area contributed by atoms with Crippen LogP contribution in [0.25, 0.3) is 0 Å². The third-order valence-electron chi connectivity index (χ3n) is 6.13. The number of urea groups is 1. The number of fused-ring (bicyclic) bond motifs is 1. The molecule has 3 aliphatic heterocycles. The molecule has 3 aliphatic rings. The van der Waals surface area contributed by atoms with Crippen LogP contribution < -0.4 is 10.1 Å². The Balaban J connectivity index is 1.13. The van der Waals surface area contributed by atoms with Crippen molar-refractivity contribution in [2.45, 2.75) is 24.5 Å². The molecule has 0 saturated carbocycles. The molecule has 0 aliphatic carbocycles. The predicted molar refractivity (Wildman–Crippen MR) is 110 cm³/mol. The van der Waals surface area contributed by atoms with E-state index in [1.54, 1.807) is 12.1 Å². The standard InChI is InChI=1S/C23H24FN3O4/c24-17-2-1-3-19(10-17)31-18-6-4-15(5-7-18)16-11-27(12-16)23(29)26-9-8-21-20(13-26)25-22(28)14-30-21/h1-7,10,16,20-21H,8-9,11-14H2,(H,25,28)/t20-,21+/m1/s1. The lowest BCUT2D eigenvalue weighted by Gasteiger charge is -2.46. The number of morpholine rings is 1. The van der Waals surface area contributed by atoms with Gasteiger partial charge in [0.25, 0.3) is 0 Å². The number of hydrogen-bond donors (Lipinski definition) is 1. The fourth-order valence-corrected chi connectivity index (χ4v) is 4.39. The van der Waals surface area contributed by atoms with E-state index in [1.165, 1.54) is 12.1 Å². The maximum atomic E-state index is 13.3. The Kier molecular flexibility index (Phi) is 5.23. The van der Waals surface area contributed by atoms with Gasteiger partial charge in [0.05, 0.1) is 12.1 Å². The smallest absolute Gasteiger partial charge is 0.320 e. The number of piperidine rings is 1. The fourth-order valence-electron chi connectivity index (χ4n) is 4.39. The van der Waals surface area contributed by atoms with Crippen LogP contribution in [0.3, 0.4) is 0 Å². The van der Waals surface area contributed by atoms with Crippen LogP contribution in [0.4, 0.5) is 9.18 Å². The van der Waals surface area contributed by atoms with Crippen LogP contribution in [0.5, 0.6) is 11.5 Å². The number of rotatable bonds is 3. The molecule has 1 N–H and O–H groups in total. The van der Waals surface area contributed by atoms with Gasteiger partial charge in [-0.2, -0.15) is 0 Å². The lowest BCUT2D eigenvalue weighted by Crippen LogP contribution is -2.63. The predicted octanol–water partition coefficient (Wildman–Crippen LogP) is 2.73. The van der Waals surface area contributed by atoms with Crippen molar-refractivity contribution in [3.8, 4) is 11.5 Å². The van der Waals surface area contributed by atoms with E-state index in [0.29, 0.717) is 37.7 Å². The van der Waals surface area contributed by atoms with Gasteiger partial charge in [-0.15, -0.1) is 0 Å². The van der Waals surface area contributed by atoms with Gasteiger partial charge in [0.2, 0.25) is 5.91 Å². The average molecular weight is 425 g/mol. The van der Waals surface area contributed by atoms with Gasteiger partial charge < -0.3 is 24.6 Å². The quantitative estimate of drug-likeness (QED) is 0.821. The number of benzene rings is 2. The van der Waals surface area contributed by atoms with Gasteiger partial charge in [-0.25, -0.2) is 9.18 Å². The summed E-state index contributed by atoms with van der Waals surface area (Å²) in [7, 11) is 0. The third kappa shape index (κ3) is 4.20. The molecular formula is C23H24FN3O4. The first-order valence-corrected chi connectivity index (χ1v) is 10.5. The number of halogens is 1. The molecule has 0 radical (unpaired) electrons. The summed E-state index contributed by atoms with van der Waals surface area (Å²) in [6.07, 6.45) is 0.736. The molecular weight excluding hydrogens is 401 g/mol. The molecule has 2 atom stereocenters. The first kappa shape index (κ1) is 19.8. The summed E-state index contributed by atoms with van der Waals surface area (Å²) >= 11 is 0. The maximum absolute atomic E-state index is 13.3. The second kappa shape index (κ2) is 8.19. The highest BCUT2D eigenvalue weighted by Gasteiger charge is 2.40. The van der Waals surface area contributed by atoms with Gasteiger partial charge in [-0.1, -0.05) is 18.2 Å². The van der Waals surface area contributed by atoms with Crippen molar-refractivity contribution in [1.29, 1.82) is 0 Å². The molecule has 0 unspecified atom stereocenters. The topological polar surface area (TPSA) is 71.1 Å². The highest BCUT2D eigenvalue weighted by Crippen LogP contribution is 2.31. The first-order chi connectivity index (χ1) is 15.0. The summed E-state index contributed by atoms with van der Waals surface area (Å²) in [5, 5.41) is 2.93. The van der Waals surface area contributed by atoms with Crippen LogP contribution in [-0.2, 0) is 9.53 Å². The summed E-state index contributed by atoms with van der Waals surface area (Å²) in [5.41, 5.74) is 1.14. The molecule has 5 rings (SSSR count). The van der Waals surface area contributed by atoms with Crippen molar-refractivity contribution >= 4 is 11.9 Å². The van der Waals surface area contributed by atoms with Gasteiger partial charge >= 0.3 is 6.03 Å². The fraction of sp³-hybridized carbons (Fsp3) is 0.391. The lowest BCUT2D eigenvalue weighted by atomic mass is 9.91. The Morgan fingerprint density at radius 1 is 1.06 bits per heavy atom. The third-order valence-corrected chi connectivity index (χ3v) is 6.13. The zero-order valence-electron chi connectivity index (χ0n) is 17.0. The molecule has 0 aromatic heterocycles. The van der Waals surface area contributed by atoms with E-state index < -0.39 is 0 Å². The molecule has 0 spiro atoms. The van der Waals surface area contributed by atoms with Crippen LogP contribution in [0.2, 0.25) is 0 Å². The lowest BCUT2D eigenvalue weighted by molar-refractivity contribution is -0.139. The summed E-state index contributed by atoms with van der Waals surface area (Å²) in [6, 6.07) is 13.6. The molecule has 3 heterocycles. The minimum atomic E-state index is -0.337. The Bertz CT molecular complexity index is 977. The van der Waals surface area contributed by atoms with Crippen LogP contribution in [0, 0.1) is 5.82 Å². The van der Waals surface area contributed by atoms with Gasteiger partial charge in [-0.3, -0.25) is 4.79 Å². The van der Waals surface area contributed by atoms with Crippen molar-refractivity contribution in [2.75, 3.05) is 32.8 Å². The molecule has 162 valence electrons. The number of ether oxygens (including phenoxy) is 2. The Labute approximate surface area is 179 Å². The monoisotopic (exact) mass is 425 g/mol. The minimum Gasteiger partial charge on any atom is -0.457 e. The Morgan fingerprint density at radius 2 is 1.87 bits per heavy atom. The van der Waals surface area contributed by atoms with E-state index in [0.717, 1.165) is 12.0 Å². The van der Waals surface area contributed by atoms with E-state index in [1.807, 2.05) is 34.1 Å². The van der Waals surface area contributed by atoms with E-state index >= 15 is 0 Å². The second-order valence-corrected chi connectivity index (χ2v) is 8.27. The number of amides is 3. The second-order valence-electron chi connectivity index (χ2n) is 8.27. The van der Waals surface area contributed by atoms with Crippen LogP contribution >= 0.6 is 0 Å². The summed E-state index contributed by atoms with van der Waals surface area (Å²) in [6.45, 7) is 2.56. The van der Waals surface area contributed by atoms with Crippen molar-refractivity contribution in [2.24, 2.45) is 0 Å². The molecule has 3 saturated heterocycles. The molecule has 3 fully saturated rings. The van der Waals surface area contributed by atoms with E-state index in [4.69, 9.17) is 9.47 Å². The average Bonchev–Trinajstić information content (AvgIpc) is 2.73. The Hall–Kier alpha value is -3.13. The molecule has 0 bridgehead atoms. The SMILES string of the molecule is O=C1CO[C@H]2CCN(C(=O)N3CC(c4ccc(Oc5cccc(F)c5)cc4)C3)C[C@H]2N1. The number of hydrogen-bond acceptors (Lipinski definition) is 4. The Morgan fingerprint density at radius 3 is 2.65 bits per heavy atom. The van der Waals surface area contributed by atoms with E-state index in [-0.39, 0.29) is 42.4 Å². The molecule has 7 nitrogen and oxygen atoms in total. The number of carbonyl (C=O) groups excluding carboxylic acids is 2. The number of nitrogens with one attached hydrogen (secondary N) is 1. The molecule has 8 heteroatoms. The number of nitrogens with zero attached hydrogens (tertiary/aromatic N) is 2. The minimum absolute atomic E-state index is 0.000925. The van der Waals surface area contributed by atoms with Crippen LogP contribution in [-0.4, -0.2) is 66.7 Å². The molecule has 3 amide bonds. The molecule has 2 aromatic rings. The van der Waals surface area contributed by atoms with E-state index in [9.17, 15) is 14.0 Å². The van der Waals surface area contributed by atoms with Crippen molar-refractivity contribution in [3.63, 3.8) is 0 Å². The van der Waals surface area contributed by atoms with Gasteiger partial charge in [0.15, 0.2) is 0 Å². The number of carbonyl (C=O) groups is 2. The molecule has 2 aromatic carbocycles. The summed E-state index contributed by atoms with van der Waals surface area (Å²) < 4.78 is 24.5. The van der Waals surface area contributed by atoms with Crippen molar-refractivity contribution < 1.29 is 23.5 Å². The van der Waals surface area contributed by atoms with Crippen molar-refractivity contribution in [1.82, 2.24) is 15.1 Å². The summed E-state index contributed by atoms with van der Waals surface area (Å²) in [5.74, 6) is 0.917. The highest BCUT2D eigenvalue weighted by molar-refractivity contribution is 5.79. The maximum Gasteiger partial charge on any atom is 0.320 e. The zero-order valence-corrected chi connectivity index (χ0v) is 17.0. The van der Waals surface area contributed by atoms with Crippen molar-refractivity contribution in [3.05, 3.63) is 59.9 Å². The summed E-state index contributed by atoms with van der Waals surface area (Å²) in [4.78, 5) is 28.1. The largest absolute Gasteiger partial charge is 0.457 e. The normalized spacial score (nSPS) is 23.6. The highest BCUT2D eigenvalue weighted by atomic mass is 19.1. The zero-order chi connectivity index (χ0) is 21.4. The first-order valence-electron chi connectivity index (χ1n) is 10.5. The number of likely N-dealkylation sites (tertiary alicyclic amines) is 2. The van der Waals surface area contributed by atoms with Crippen LogP contribution in [0.15, 0.2) is 48.5 Å². The van der Waals surface area contributed by atoms with E-state index in [2.05, 4.69) is 5.32 Å².